The maximum atomic E-state index is 3.44. The number of likely N-dealkylation sites (N-methyl/N-ethyl adjacent to an activating group) is 3. The van der Waals surface area contributed by atoms with E-state index >= 15 is 0 Å². The third-order valence-electron chi connectivity index (χ3n) is 2.34. The number of hydrogen-bond donors (Lipinski definition) is 1. The van der Waals surface area contributed by atoms with Gasteiger partial charge in [-0.2, -0.15) is 0 Å². The number of nitrogens with one attached hydrogen (secondary N) is 1. The molecule has 92 valence electrons. The van der Waals surface area contributed by atoms with Crippen molar-refractivity contribution in [2.24, 2.45) is 0 Å². The molecular formula is C11H28N4. The third-order valence-corrected chi connectivity index (χ3v) is 2.34. The van der Waals surface area contributed by atoms with Crippen LogP contribution in [0.3, 0.4) is 0 Å². The highest BCUT2D eigenvalue weighted by Crippen LogP contribution is 1.82. The first kappa shape index (κ1) is 14.8. The fraction of sp³-hybridized carbons (Fsp3) is 1.00. The molecule has 0 heterocycles. The van der Waals surface area contributed by atoms with Crippen LogP contribution in [0, 0.1) is 0 Å². The van der Waals surface area contributed by atoms with Crippen LogP contribution in [-0.2, 0) is 0 Å². The molecule has 0 aromatic rings. The zero-order chi connectivity index (χ0) is 11.7. The number of rotatable bonds is 9. The van der Waals surface area contributed by atoms with E-state index in [2.05, 4.69) is 55.3 Å². The average molecular weight is 216 g/mol. The molecule has 0 amide bonds. The fourth-order valence-corrected chi connectivity index (χ4v) is 1.18. The van der Waals surface area contributed by atoms with Crippen LogP contribution in [0.1, 0.15) is 0 Å². The van der Waals surface area contributed by atoms with Gasteiger partial charge in [-0.15, -0.1) is 0 Å². The molecule has 4 heteroatoms. The number of nitrogens with zero attached hydrogens (tertiary/aromatic N) is 3. The molecule has 0 unspecified atom stereocenters. The largest absolute Gasteiger partial charge is 0.314 e. The first-order valence-corrected chi connectivity index (χ1v) is 5.71. The Morgan fingerprint density at radius 2 is 1.20 bits per heavy atom. The van der Waals surface area contributed by atoms with Crippen molar-refractivity contribution in [2.45, 2.75) is 0 Å². The van der Waals surface area contributed by atoms with Crippen LogP contribution in [0.4, 0.5) is 0 Å². The Bertz CT molecular complexity index is 137. The monoisotopic (exact) mass is 216 g/mol. The van der Waals surface area contributed by atoms with Gasteiger partial charge in [0, 0.05) is 39.3 Å². The Morgan fingerprint density at radius 3 is 1.73 bits per heavy atom. The maximum absolute atomic E-state index is 3.44. The van der Waals surface area contributed by atoms with Crippen LogP contribution in [0.25, 0.3) is 0 Å². The Labute approximate surface area is 95.2 Å². The molecule has 4 nitrogen and oxygen atoms in total. The first-order chi connectivity index (χ1) is 7.02. The molecule has 0 radical (unpaired) electrons. The summed E-state index contributed by atoms with van der Waals surface area (Å²) in [6.07, 6.45) is 0. The van der Waals surface area contributed by atoms with Crippen molar-refractivity contribution in [1.82, 2.24) is 20.0 Å². The molecule has 0 aliphatic heterocycles. The van der Waals surface area contributed by atoms with Crippen molar-refractivity contribution in [2.75, 3.05) is 74.5 Å². The second-order valence-electron chi connectivity index (χ2n) is 4.66. The molecule has 0 aliphatic rings. The van der Waals surface area contributed by atoms with E-state index < -0.39 is 0 Å². The maximum Gasteiger partial charge on any atom is 0.0107 e. The highest BCUT2D eigenvalue weighted by Gasteiger charge is 1.98. The van der Waals surface area contributed by atoms with E-state index in [0.29, 0.717) is 0 Å². The molecule has 0 saturated heterocycles. The van der Waals surface area contributed by atoms with Crippen LogP contribution in [0.2, 0.25) is 0 Å². The average Bonchev–Trinajstić information content (AvgIpc) is 2.13. The van der Waals surface area contributed by atoms with E-state index in [4.69, 9.17) is 0 Å². The molecule has 0 aliphatic carbocycles. The highest BCUT2D eigenvalue weighted by molar-refractivity contribution is 4.57. The first-order valence-electron chi connectivity index (χ1n) is 5.71. The molecule has 0 spiro atoms. The van der Waals surface area contributed by atoms with E-state index in [0.717, 1.165) is 39.3 Å². The van der Waals surface area contributed by atoms with Gasteiger partial charge in [0.2, 0.25) is 0 Å². The van der Waals surface area contributed by atoms with E-state index in [9.17, 15) is 0 Å². The molecular weight excluding hydrogens is 188 g/mol. The quantitative estimate of drug-likeness (QED) is 0.531. The summed E-state index contributed by atoms with van der Waals surface area (Å²) in [5, 5.41) is 3.44. The van der Waals surface area contributed by atoms with Gasteiger partial charge >= 0.3 is 0 Å². The molecule has 15 heavy (non-hydrogen) atoms. The molecule has 0 fully saturated rings. The number of hydrogen-bond acceptors (Lipinski definition) is 4. The summed E-state index contributed by atoms with van der Waals surface area (Å²) >= 11 is 0. The fourth-order valence-electron chi connectivity index (χ4n) is 1.18. The van der Waals surface area contributed by atoms with Gasteiger partial charge in [0.15, 0.2) is 0 Å². The lowest BCUT2D eigenvalue weighted by atomic mass is 10.4. The van der Waals surface area contributed by atoms with E-state index in [-0.39, 0.29) is 0 Å². The van der Waals surface area contributed by atoms with Gasteiger partial charge in [-0.05, 0) is 35.2 Å². The van der Waals surface area contributed by atoms with Crippen molar-refractivity contribution < 1.29 is 0 Å². The zero-order valence-electron chi connectivity index (χ0n) is 11.1. The minimum absolute atomic E-state index is 1.08. The van der Waals surface area contributed by atoms with Crippen molar-refractivity contribution >= 4 is 0 Å². The van der Waals surface area contributed by atoms with Gasteiger partial charge in [-0.1, -0.05) is 0 Å². The normalized spacial score (nSPS) is 12.0. The SMILES string of the molecule is CN(C)CCNCCN(C)CCN(C)C. The van der Waals surface area contributed by atoms with E-state index in [1.54, 1.807) is 0 Å². The molecule has 0 aromatic carbocycles. The van der Waals surface area contributed by atoms with Crippen LogP contribution < -0.4 is 5.32 Å². The lowest BCUT2D eigenvalue weighted by Gasteiger charge is -2.19. The Balaban J connectivity index is 3.20. The predicted molar refractivity (Wildman–Crippen MR) is 67.5 cm³/mol. The highest BCUT2D eigenvalue weighted by atomic mass is 15.2. The van der Waals surface area contributed by atoms with Crippen LogP contribution >= 0.6 is 0 Å². The summed E-state index contributed by atoms with van der Waals surface area (Å²) in [4.78, 5) is 6.78. The minimum atomic E-state index is 1.08. The minimum Gasteiger partial charge on any atom is -0.314 e. The van der Waals surface area contributed by atoms with Crippen molar-refractivity contribution in [3.05, 3.63) is 0 Å². The molecule has 0 rings (SSSR count). The Kier molecular flexibility index (Phi) is 9.00. The molecule has 0 bridgehead atoms. The van der Waals surface area contributed by atoms with Crippen LogP contribution in [0.15, 0.2) is 0 Å². The summed E-state index contributed by atoms with van der Waals surface area (Å²) in [5.41, 5.74) is 0. The van der Waals surface area contributed by atoms with Gasteiger partial charge < -0.3 is 20.0 Å². The summed E-state index contributed by atoms with van der Waals surface area (Å²) in [5.74, 6) is 0. The topological polar surface area (TPSA) is 21.8 Å². The van der Waals surface area contributed by atoms with Gasteiger partial charge in [-0.25, -0.2) is 0 Å². The van der Waals surface area contributed by atoms with Crippen LogP contribution in [-0.4, -0.2) is 89.2 Å². The lowest BCUT2D eigenvalue weighted by molar-refractivity contribution is 0.280. The standard InChI is InChI=1S/C11H28N4/c1-13(2)8-6-12-7-9-15(5)11-10-14(3)4/h12H,6-11H2,1-5H3. The lowest BCUT2D eigenvalue weighted by Crippen LogP contribution is -2.35. The van der Waals surface area contributed by atoms with Crippen molar-refractivity contribution in [3.8, 4) is 0 Å². The second-order valence-corrected chi connectivity index (χ2v) is 4.66. The van der Waals surface area contributed by atoms with Gasteiger partial charge in [0.1, 0.15) is 0 Å². The van der Waals surface area contributed by atoms with Crippen molar-refractivity contribution in [3.63, 3.8) is 0 Å². The van der Waals surface area contributed by atoms with E-state index in [1.807, 2.05) is 0 Å². The predicted octanol–water partition coefficient (Wildman–Crippen LogP) is -0.369. The Morgan fingerprint density at radius 1 is 0.667 bits per heavy atom. The van der Waals surface area contributed by atoms with Crippen LogP contribution in [0.5, 0.6) is 0 Å². The van der Waals surface area contributed by atoms with Crippen molar-refractivity contribution in [1.29, 1.82) is 0 Å². The molecule has 0 atom stereocenters. The van der Waals surface area contributed by atoms with Gasteiger partial charge in [0.25, 0.3) is 0 Å². The molecule has 0 saturated carbocycles. The second kappa shape index (κ2) is 9.09. The van der Waals surface area contributed by atoms with Gasteiger partial charge in [-0.3, -0.25) is 0 Å². The third kappa shape index (κ3) is 11.8. The summed E-state index contributed by atoms with van der Waals surface area (Å²) < 4.78 is 0. The zero-order valence-corrected chi connectivity index (χ0v) is 11.1. The summed E-state index contributed by atoms with van der Waals surface area (Å²) in [6, 6.07) is 0. The van der Waals surface area contributed by atoms with E-state index in [1.165, 1.54) is 0 Å². The molecule has 1 N–H and O–H groups in total. The Hall–Kier alpha value is -0.160. The summed E-state index contributed by atoms with van der Waals surface area (Å²) in [7, 11) is 10.6. The summed E-state index contributed by atoms with van der Waals surface area (Å²) in [6.45, 7) is 6.67. The van der Waals surface area contributed by atoms with Gasteiger partial charge in [0.05, 0.1) is 0 Å². The smallest absolute Gasteiger partial charge is 0.0107 e. The molecule has 0 aromatic heterocycles.